The third kappa shape index (κ3) is 8.86. The number of aliphatic hydroxyl groups excluding tert-OH is 1. The number of nitrogens with one attached hydrogen (secondary N) is 2. The molecule has 0 saturated heterocycles. The van der Waals surface area contributed by atoms with Crippen LogP contribution >= 0.6 is 36.4 Å². The van der Waals surface area contributed by atoms with E-state index in [2.05, 4.69) is 29.7 Å². The van der Waals surface area contributed by atoms with Gasteiger partial charge in [-0.3, -0.25) is 0 Å². The summed E-state index contributed by atoms with van der Waals surface area (Å²) in [6.45, 7) is 5.51. The summed E-state index contributed by atoms with van der Waals surface area (Å²) in [5.74, 6) is 1.18. The minimum atomic E-state index is 0. The molecule has 3 N–H and O–H groups in total. The van der Waals surface area contributed by atoms with E-state index in [-0.39, 0.29) is 31.4 Å². The average Bonchev–Trinajstić information content (AvgIpc) is 2.64. The van der Waals surface area contributed by atoms with Crippen LogP contribution in [0.15, 0.2) is 36.4 Å². The second-order valence-corrected chi connectivity index (χ2v) is 6.44. The molecule has 0 aliphatic carbocycles. The maximum absolute atomic E-state index is 8.72. The van der Waals surface area contributed by atoms with Crippen molar-refractivity contribution >= 4 is 36.4 Å². The normalized spacial score (nSPS) is 10.0. The van der Waals surface area contributed by atoms with Gasteiger partial charge < -0.3 is 25.2 Å². The second-order valence-electron chi connectivity index (χ2n) is 6.03. The third-order valence-corrected chi connectivity index (χ3v) is 4.17. The SMILES string of the molecule is COc1cc(CNCCNCCO)cc(Cl)c1OCc1ccc(C)cc1.Cl.Cl. The predicted octanol–water partition coefficient (Wildman–Crippen LogP) is 3.75. The molecule has 0 fully saturated rings. The standard InChI is InChI=1S/C20H27ClN2O3.2ClH/c1-15-3-5-16(6-4-15)14-26-20-18(21)11-17(12-19(20)25-2)13-23-8-7-22-9-10-24;;/h3-6,11-12,22-24H,7-10,13-14H2,1-2H3;2*1H. The van der Waals surface area contributed by atoms with Crippen molar-refractivity contribution in [1.29, 1.82) is 0 Å². The number of benzene rings is 2. The zero-order chi connectivity index (χ0) is 18.8. The fraction of sp³-hybridized carbons (Fsp3) is 0.400. The molecule has 8 heteroatoms. The Morgan fingerprint density at radius 3 is 2.29 bits per heavy atom. The highest BCUT2D eigenvalue weighted by Crippen LogP contribution is 2.37. The van der Waals surface area contributed by atoms with Gasteiger partial charge in [0.25, 0.3) is 0 Å². The van der Waals surface area contributed by atoms with Crippen molar-refractivity contribution in [2.75, 3.05) is 33.4 Å². The van der Waals surface area contributed by atoms with Gasteiger partial charge >= 0.3 is 0 Å². The Bertz CT molecular complexity index is 685. The lowest BCUT2D eigenvalue weighted by molar-refractivity contribution is 0.284. The lowest BCUT2D eigenvalue weighted by atomic mass is 10.1. The third-order valence-electron chi connectivity index (χ3n) is 3.89. The van der Waals surface area contributed by atoms with Crippen LogP contribution in [0.5, 0.6) is 11.5 Å². The number of hydrogen-bond acceptors (Lipinski definition) is 5. The highest BCUT2D eigenvalue weighted by Gasteiger charge is 2.12. The van der Waals surface area contributed by atoms with E-state index in [0.717, 1.165) is 24.2 Å². The van der Waals surface area contributed by atoms with Gasteiger partial charge in [-0.25, -0.2) is 0 Å². The molecular weight excluding hydrogens is 423 g/mol. The summed E-state index contributed by atoms with van der Waals surface area (Å²) in [5.41, 5.74) is 3.32. The van der Waals surface area contributed by atoms with E-state index in [9.17, 15) is 0 Å². The van der Waals surface area contributed by atoms with Gasteiger partial charge in [0.05, 0.1) is 18.7 Å². The maximum Gasteiger partial charge on any atom is 0.180 e. The lowest BCUT2D eigenvalue weighted by Crippen LogP contribution is -2.28. The Morgan fingerprint density at radius 2 is 1.64 bits per heavy atom. The van der Waals surface area contributed by atoms with Crippen LogP contribution in [-0.2, 0) is 13.2 Å². The summed E-state index contributed by atoms with van der Waals surface area (Å²) < 4.78 is 11.4. The van der Waals surface area contributed by atoms with E-state index in [1.54, 1.807) is 7.11 Å². The number of aryl methyl sites for hydroxylation is 1. The van der Waals surface area contributed by atoms with E-state index < -0.39 is 0 Å². The van der Waals surface area contributed by atoms with Crippen molar-refractivity contribution < 1.29 is 14.6 Å². The van der Waals surface area contributed by atoms with E-state index >= 15 is 0 Å². The number of rotatable bonds is 11. The highest BCUT2D eigenvalue weighted by atomic mass is 35.5. The van der Waals surface area contributed by atoms with Crippen molar-refractivity contribution in [3.05, 3.63) is 58.1 Å². The van der Waals surface area contributed by atoms with Gasteiger partial charge in [-0.2, -0.15) is 0 Å². The van der Waals surface area contributed by atoms with Crippen LogP contribution in [0, 0.1) is 6.92 Å². The lowest BCUT2D eigenvalue weighted by Gasteiger charge is -2.15. The Hall–Kier alpha value is -1.21. The smallest absolute Gasteiger partial charge is 0.180 e. The summed E-state index contributed by atoms with van der Waals surface area (Å²) in [5, 5.41) is 15.7. The highest BCUT2D eigenvalue weighted by molar-refractivity contribution is 6.32. The van der Waals surface area contributed by atoms with Crippen molar-refractivity contribution in [2.45, 2.75) is 20.1 Å². The van der Waals surface area contributed by atoms with Crippen molar-refractivity contribution in [3.8, 4) is 11.5 Å². The van der Waals surface area contributed by atoms with Gasteiger partial charge in [0.1, 0.15) is 6.61 Å². The molecule has 0 aromatic heterocycles. The molecule has 0 radical (unpaired) electrons. The monoisotopic (exact) mass is 450 g/mol. The number of ether oxygens (including phenoxy) is 2. The molecule has 28 heavy (non-hydrogen) atoms. The van der Waals surface area contributed by atoms with Crippen LogP contribution in [0.4, 0.5) is 0 Å². The molecule has 0 bridgehead atoms. The molecule has 0 aliphatic heterocycles. The molecule has 0 amide bonds. The molecule has 0 saturated carbocycles. The summed E-state index contributed by atoms with van der Waals surface area (Å²) in [6.07, 6.45) is 0. The van der Waals surface area contributed by atoms with E-state index in [0.29, 0.717) is 36.2 Å². The summed E-state index contributed by atoms with van der Waals surface area (Å²) in [4.78, 5) is 0. The fourth-order valence-electron chi connectivity index (χ4n) is 2.47. The van der Waals surface area contributed by atoms with Crippen LogP contribution < -0.4 is 20.1 Å². The van der Waals surface area contributed by atoms with Gasteiger partial charge in [0.2, 0.25) is 0 Å². The van der Waals surface area contributed by atoms with E-state index in [4.69, 9.17) is 26.2 Å². The van der Waals surface area contributed by atoms with Crippen LogP contribution in [0.3, 0.4) is 0 Å². The topological polar surface area (TPSA) is 62.8 Å². The zero-order valence-electron chi connectivity index (χ0n) is 16.2. The minimum absolute atomic E-state index is 0. The number of aliphatic hydroxyl groups is 1. The first-order valence-corrected chi connectivity index (χ1v) is 9.09. The Labute approximate surface area is 184 Å². The average molecular weight is 452 g/mol. The second kappa shape index (κ2) is 14.7. The van der Waals surface area contributed by atoms with Crippen molar-refractivity contribution in [1.82, 2.24) is 10.6 Å². The van der Waals surface area contributed by atoms with Crippen LogP contribution in [0.2, 0.25) is 5.02 Å². The molecular formula is C20H29Cl3N2O3. The zero-order valence-corrected chi connectivity index (χ0v) is 18.6. The van der Waals surface area contributed by atoms with Crippen molar-refractivity contribution in [2.24, 2.45) is 0 Å². The first-order chi connectivity index (χ1) is 12.6. The molecule has 0 heterocycles. The van der Waals surface area contributed by atoms with E-state index in [1.165, 1.54) is 5.56 Å². The Morgan fingerprint density at radius 1 is 0.964 bits per heavy atom. The van der Waals surface area contributed by atoms with Crippen molar-refractivity contribution in [3.63, 3.8) is 0 Å². The largest absolute Gasteiger partial charge is 0.493 e. The Balaban J connectivity index is 0.00000364. The molecule has 0 spiro atoms. The number of halogens is 3. The first kappa shape index (κ1) is 26.8. The molecule has 2 aromatic rings. The van der Waals surface area contributed by atoms with Crippen LogP contribution in [0.1, 0.15) is 16.7 Å². The number of hydrogen-bond donors (Lipinski definition) is 3. The minimum Gasteiger partial charge on any atom is -0.493 e. The molecule has 0 atom stereocenters. The fourth-order valence-corrected chi connectivity index (χ4v) is 2.76. The number of methoxy groups -OCH3 is 1. The maximum atomic E-state index is 8.72. The van der Waals surface area contributed by atoms with Crippen LogP contribution in [0.25, 0.3) is 0 Å². The quantitative estimate of drug-likeness (QED) is 0.454. The summed E-state index contributed by atoms with van der Waals surface area (Å²) >= 11 is 6.41. The van der Waals surface area contributed by atoms with Gasteiger partial charge in [0, 0.05) is 26.2 Å². The molecule has 2 aromatic carbocycles. The molecule has 158 valence electrons. The first-order valence-electron chi connectivity index (χ1n) is 8.71. The molecule has 2 rings (SSSR count). The Kier molecular flexibility index (Phi) is 14.1. The van der Waals surface area contributed by atoms with E-state index in [1.807, 2.05) is 24.3 Å². The summed E-state index contributed by atoms with van der Waals surface area (Å²) in [6, 6.07) is 12.0. The summed E-state index contributed by atoms with van der Waals surface area (Å²) in [7, 11) is 1.61. The van der Waals surface area contributed by atoms with Gasteiger partial charge in [-0.05, 0) is 30.2 Å². The predicted molar refractivity (Wildman–Crippen MR) is 120 cm³/mol. The van der Waals surface area contributed by atoms with Crippen LogP contribution in [-0.4, -0.2) is 38.5 Å². The molecule has 0 aliphatic rings. The molecule has 0 unspecified atom stereocenters. The van der Waals surface area contributed by atoms with Gasteiger partial charge in [0.15, 0.2) is 11.5 Å². The molecule has 5 nitrogen and oxygen atoms in total. The van der Waals surface area contributed by atoms with Gasteiger partial charge in [-0.15, -0.1) is 24.8 Å². The van der Waals surface area contributed by atoms with Gasteiger partial charge in [-0.1, -0.05) is 41.4 Å².